The van der Waals surface area contributed by atoms with Crippen LogP contribution in [-0.2, 0) is 4.79 Å². The first-order valence-electron chi connectivity index (χ1n) is 6.80. The van der Waals surface area contributed by atoms with E-state index in [9.17, 15) is 4.79 Å². The van der Waals surface area contributed by atoms with Crippen molar-refractivity contribution in [1.82, 2.24) is 4.90 Å². The third kappa shape index (κ3) is 3.49. The van der Waals surface area contributed by atoms with Gasteiger partial charge in [-0.1, -0.05) is 0 Å². The van der Waals surface area contributed by atoms with Crippen molar-refractivity contribution in [2.45, 2.75) is 13.3 Å². The second kappa shape index (κ2) is 6.40. The molecule has 0 saturated carbocycles. The van der Waals surface area contributed by atoms with Gasteiger partial charge in [0.05, 0.1) is 18.2 Å². The third-order valence-corrected chi connectivity index (χ3v) is 3.64. The Labute approximate surface area is 119 Å². The van der Waals surface area contributed by atoms with E-state index in [0.717, 1.165) is 43.9 Å². The molecule has 0 amide bonds. The van der Waals surface area contributed by atoms with E-state index < -0.39 is 5.97 Å². The van der Waals surface area contributed by atoms with Gasteiger partial charge in [0.25, 0.3) is 0 Å². The van der Waals surface area contributed by atoms with E-state index in [0.29, 0.717) is 5.56 Å². The topological polar surface area (TPSA) is 67.6 Å². The Bertz CT molecular complexity index is 536. The second-order valence-electron chi connectivity index (χ2n) is 5.12. The monoisotopic (exact) mass is 273 g/mol. The number of carboxylic acids is 1. The van der Waals surface area contributed by atoms with Crippen LogP contribution in [0.2, 0.25) is 0 Å². The molecule has 0 unspecified atom stereocenters. The molecule has 1 saturated heterocycles. The van der Waals surface area contributed by atoms with Gasteiger partial charge in [-0.2, -0.15) is 5.26 Å². The van der Waals surface area contributed by atoms with Gasteiger partial charge in [-0.25, -0.2) is 0 Å². The minimum Gasteiger partial charge on any atom is -0.480 e. The molecule has 1 aliphatic rings. The summed E-state index contributed by atoms with van der Waals surface area (Å²) in [4.78, 5) is 15.0. The Morgan fingerprint density at radius 1 is 1.35 bits per heavy atom. The van der Waals surface area contributed by atoms with Gasteiger partial charge < -0.3 is 10.0 Å². The molecule has 1 aliphatic heterocycles. The number of carbonyl (C=O) groups is 1. The highest BCUT2D eigenvalue weighted by molar-refractivity contribution is 5.69. The van der Waals surface area contributed by atoms with Crippen LogP contribution in [0.3, 0.4) is 0 Å². The molecule has 0 aromatic heterocycles. The Kier molecular flexibility index (Phi) is 4.59. The number of aryl methyl sites for hydroxylation is 1. The molecule has 0 bridgehead atoms. The summed E-state index contributed by atoms with van der Waals surface area (Å²) in [6.07, 6.45) is 0.951. The molecule has 5 nitrogen and oxygen atoms in total. The molecule has 106 valence electrons. The first-order valence-corrected chi connectivity index (χ1v) is 6.80. The zero-order chi connectivity index (χ0) is 14.5. The van der Waals surface area contributed by atoms with Gasteiger partial charge >= 0.3 is 5.97 Å². The molecule has 20 heavy (non-hydrogen) atoms. The quantitative estimate of drug-likeness (QED) is 0.903. The Balaban J connectivity index is 2.05. The number of aliphatic carboxylic acids is 1. The minimum atomic E-state index is -0.771. The molecule has 1 aromatic rings. The van der Waals surface area contributed by atoms with Crippen molar-refractivity contribution in [3.63, 3.8) is 0 Å². The summed E-state index contributed by atoms with van der Waals surface area (Å²) in [5, 5.41) is 17.8. The molecule has 1 heterocycles. The lowest BCUT2D eigenvalue weighted by atomic mass is 10.1. The maximum absolute atomic E-state index is 10.8. The standard InChI is InChI=1S/C15H19N3O2/c1-12-9-14(4-3-13(12)10-16)18-6-2-5-17(7-8-18)11-15(19)20/h3-4,9H,2,5-8,11H2,1H3,(H,19,20). The predicted octanol–water partition coefficient (Wildman–Crippen LogP) is 1.46. The number of hydrogen-bond donors (Lipinski definition) is 1. The van der Waals surface area contributed by atoms with Crippen molar-refractivity contribution in [3.05, 3.63) is 29.3 Å². The molecule has 2 rings (SSSR count). The van der Waals surface area contributed by atoms with Crippen molar-refractivity contribution in [3.8, 4) is 6.07 Å². The summed E-state index contributed by atoms with van der Waals surface area (Å²) in [6, 6.07) is 8.03. The number of hydrogen-bond acceptors (Lipinski definition) is 4. The van der Waals surface area contributed by atoms with Crippen molar-refractivity contribution >= 4 is 11.7 Å². The van der Waals surface area contributed by atoms with Crippen LogP contribution in [0.4, 0.5) is 5.69 Å². The number of nitrogens with zero attached hydrogens (tertiary/aromatic N) is 3. The number of nitriles is 1. The van der Waals surface area contributed by atoms with E-state index in [2.05, 4.69) is 11.0 Å². The average Bonchev–Trinajstić information content (AvgIpc) is 2.63. The van der Waals surface area contributed by atoms with Gasteiger partial charge in [-0.15, -0.1) is 0 Å². The van der Waals surface area contributed by atoms with Crippen molar-refractivity contribution in [2.24, 2.45) is 0 Å². The molecule has 1 aromatic carbocycles. The maximum Gasteiger partial charge on any atom is 0.317 e. The van der Waals surface area contributed by atoms with Crippen molar-refractivity contribution in [2.75, 3.05) is 37.6 Å². The summed E-state index contributed by atoms with van der Waals surface area (Å²) >= 11 is 0. The van der Waals surface area contributed by atoms with Crippen LogP contribution in [0.25, 0.3) is 0 Å². The smallest absolute Gasteiger partial charge is 0.317 e. The van der Waals surface area contributed by atoms with Crippen molar-refractivity contribution < 1.29 is 9.90 Å². The lowest BCUT2D eigenvalue weighted by Gasteiger charge is -2.23. The van der Waals surface area contributed by atoms with Gasteiger partial charge in [-0.05, 0) is 37.1 Å². The van der Waals surface area contributed by atoms with Crippen LogP contribution in [0.15, 0.2) is 18.2 Å². The molecule has 0 aliphatic carbocycles. The normalized spacial score (nSPS) is 16.5. The van der Waals surface area contributed by atoms with E-state index in [-0.39, 0.29) is 6.54 Å². The zero-order valence-electron chi connectivity index (χ0n) is 11.7. The number of benzene rings is 1. The lowest BCUT2D eigenvalue weighted by molar-refractivity contribution is -0.138. The van der Waals surface area contributed by atoms with Crippen LogP contribution in [-0.4, -0.2) is 48.7 Å². The number of rotatable bonds is 3. The molecule has 0 atom stereocenters. The molecule has 1 N–H and O–H groups in total. The van der Waals surface area contributed by atoms with E-state index >= 15 is 0 Å². The fourth-order valence-electron chi connectivity index (χ4n) is 2.55. The summed E-state index contributed by atoms with van der Waals surface area (Å²) in [6.45, 7) is 5.36. The van der Waals surface area contributed by atoms with Crippen LogP contribution in [0, 0.1) is 18.3 Å². The highest BCUT2D eigenvalue weighted by Crippen LogP contribution is 2.20. The first kappa shape index (κ1) is 14.4. The Hall–Kier alpha value is -2.06. The second-order valence-corrected chi connectivity index (χ2v) is 5.12. The number of anilines is 1. The van der Waals surface area contributed by atoms with E-state index in [4.69, 9.17) is 10.4 Å². The Morgan fingerprint density at radius 3 is 2.80 bits per heavy atom. The largest absolute Gasteiger partial charge is 0.480 e. The molecule has 0 radical (unpaired) electrons. The van der Waals surface area contributed by atoms with Crippen LogP contribution in [0.5, 0.6) is 0 Å². The molecular formula is C15H19N3O2. The molecular weight excluding hydrogens is 254 g/mol. The minimum absolute atomic E-state index is 0.111. The molecule has 5 heteroatoms. The van der Waals surface area contributed by atoms with E-state index in [1.807, 2.05) is 30.0 Å². The third-order valence-electron chi connectivity index (χ3n) is 3.64. The zero-order valence-corrected chi connectivity index (χ0v) is 11.7. The average molecular weight is 273 g/mol. The fourth-order valence-corrected chi connectivity index (χ4v) is 2.55. The Morgan fingerprint density at radius 2 is 2.15 bits per heavy atom. The SMILES string of the molecule is Cc1cc(N2CCCN(CC(=O)O)CC2)ccc1C#N. The number of carboxylic acid groups (broad SMARTS) is 1. The first-order chi connectivity index (χ1) is 9.60. The fraction of sp³-hybridized carbons (Fsp3) is 0.467. The maximum atomic E-state index is 10.8. The highest BCUT2D eigenvalue weighted by Gasteiger charge is 2.17. The predicted molar refractivity (Wildman–Crippen MR) is 76.8 cm³/mol. The van der Waals surface area contributed by atoms with Crippen LogP contribution < -0.4 is 4.90 Å². The summed E-state index contributed by atoms with van der Waals surface area (Å²) in [5.41, 5.74) is 2.80. The van der Waals surface area contributed by atoms with E-state index in [1.165, 1.54) is 0 Å². The van der Waals surface area contributed by atoms with Crippen LogP contribution >= 0.6 is 0 Å². The molecule has 1 fully saturated rings. The van der Waals surface area contributed by atoms with Gasteiger partial charge in [0, 0.05) is 31.9 Å². The summed E-state index contributed by atoms with van der Waals surface area (Å²) < 4.78 is 0. The summed E-state index contributed by atoms with van der Waals surface area (Å²) in [7, 11) is 0. The van der Waals surface area contributed by atoms with Gasteiger partial charge in [-0.3, -0.25) is 9.69 Å². The summed E-state index contributed by atoms with van der Waals surface area (Å²) in [5.74, 6) is -0.771. The highest BCUT2D eigenvalue weighted by atomic mass is 16.4. The van der Waals surface area contributed by atoms with Crippen molar-refractivity contribution in [1.29, 1.82) is 5.26 Å². The van der Waals surface area contributed by atoms with Gasteiger partial charge in [0.2, 0.25) is 0 Å². The lowest BCUT2D eigenvalue weighted by Crippen LogP contribution is -2.34. The van der Waals surface area contributed by atoms with E-state index in [1.54, 1.807) is 0 Å². The van der Waals surface area contributed by atoms with Crippen LogP contribution in [0.1, 0.15) is 17.5 Å². The van der Waals surface area contributed by atoms with Gasteiger partial charge in [0.1, 0.15) is 0 Å². The molecule has 0 spiro atoms. The van der Waals surface area contributed by atoms with Gasteiger partial charge in [0.15, 0.2) is 0 Å².